The summed E-state index contributed by atoms with van der Waals surface area (Å²) < 4.78 is 0. The SMILES string of the molecule is CNC1CCC(NCc2cccc3c2C(=O)N(C2CCC(=O)NC2=O)C3)CC1. The summed E-state index contributed by atoms with van der Waals surface area (Å²) in [4.78, 5) is 38.3. The number of rotatable bonds is 5. The molecule has 0 radical (unpaired) electrons. The van der Waals surface area contributed by atoms with Gasteiger partial charge in [0.15, 0.2) is 0 Å². The predicted molar refractivity (Wildman–Crippen MR) is 104 cm³/mol. The average molecular weight is 384 g/mol. The van der Waals surface area contributed by atoms with Crippen molar-refractivity contribution in [2.75, 3.05) is 7.05 Å². The molecule has 7 nitrogen and oxygen atoms in total. The van der Waals surface area contributed by atoms with Crippen LogP contribution in [0.1, 0.15) is 60.0 Å². The van der Waals surface area contributed by atoms with Crippen LogP contribution in [0.15, 0.2) is 18.2 Å². The highest BCUT2D eigenvalue weighted by Gasteiger charge is 2.39. The Morgan fingerprint density at radius 3 is 2.54 bits per heavy atom. The number of nitrogens with one attached hydrogen (secondary N) is 3. The molecule has 3 amide bonds. The van der Waals surface area contributed by atoms with E-state index in [-0.39, 0.29) is 24.1 Å². The first-order chi connectivity index (χ1) is 13.6. The number of piperidine rings is 1. The number of benzene rings is 1. The third-order valence-electron chi connectivity index (χ3n) is 6.36. The standard InChI is InChI=1S/C21H28N4O3/c1-22-15-5-7-16(8-6-15)23-11-13-3-2-4-14-12-25(21(28)19(13)14)17-9-10-18(26)24-20(17)27/h2-4,15-17,22-23H,5-12H2,1H3,(H,24,26,27). The first-order valence-electron chi connectivity index (χ1n) is 10.2. The summed E-state index contributed by atoms with van der Waals surface area (Å²) in [5, 5.41) is 9.32. The van der Waals surface area contributed by atoms with Gasteiger partial charge in [-0.2, -0.15) is 0 Å². The van der Waals surface area contributed by atoms with E-state index in [0.717, 1.165) is 29.5 Å². The number of hydrogen-bond donors (Lipinski definition) is 3. The Bertz CT molecular complexity index is 786. The van der Waals surface area contributed by atoms with Gasteiger partial charge in [0.1, 0.15) is 6.04 Å². The van der Waals surface area contributed by atoms with Crippen LogP contribution in [0.5, 0.6) is 0 Å². The molecule has 1 aromatic carbocycles. The van der Waals surface area contributed by atoms with Gasteiger partial charge < -0.3 is 15.5 Å². The summed E-state index contributed by atoms with van der Waals surface area (Å²) >= 11 is 0. The van der Waals surface area contributed by atoms with E-state index in [1.165, 1.54) is 12.8 Å². The number of carbonyl (C=O) groups excluding carboxylic acids is 3. The fourth-order valence-corrected chi connectivity index (χ4v) is 4.68. The minimum absolute atomic E-state index is 0.0965. The molecule has 2 heterocycles. The van der Waals surface area contributed by atoms with Crippen molar-refractivity contribution in [2.24, 2.45) is 0 Å². The second-order valence-corrected chi connectivity index (χ2v) is 8.07. The molecule has 0 spiro atoms. The van der Waals surface area contributed by atoms with E-state index < -0.39 is 6.04 Å². The number of nitrogens with zero attached hydrogens (tertiary/aromatic N) is 1. The van der Waals surface area contributed by atoms with Crippen molar-refractivity contribution in [3.05, 3.63) is 34.9 Å². The van der Waals surface area contributed by atoms with Gasteiger partial charge in [-0.3, -0.25) is 19.7 Å². The van der Waals surface area contributed by atoms with Gasteiger partial charge in [-0.15, -0.1) is 0 Å². The second-order valence-electron chi connectivity index (χ2n) is 8.07. The number of carbonyl (C=O) groups is 3. The lowest BCUT2D eigenvalue weighted by molar-refractivity contribution is -0.136. The van der Waals surface area contributed by atoms with Gasteiger partial charge in [0, 0.05) is 37.2 Å². The lowest BCUT2D eigenvalue weighted by atomic mass is 9.91. The van der Waals surface area contributed by atoms with Crippen LogP contribution in [0.2, 0.25) is 0 Å². The summed E-state index contributed by atoms with van der Waals surface area (Å²) in [7, 11) is 2.02. The van der Waals surface area contributed by atoms with E-state index in [0.29, 0.717) is 31.6 Å². The summed E-state index contributed by atoms with van der Waals surface area (Å²) in [6, 6.07) is 6.47. The zero-order valence-electron chi connectivity index (χ0n) is 16.3. The molecular formula is C21H28N4O3. The number of imide groups is 1. The molecule has 0 bridgehead atoms. The summed E-state index contributed by atoms with van der Waals surface area (Å²) in [6.45, 7) is 1.09. The highest BCUT2D eigenvalue weighted by molar-refractivity contribution is 6.05. The maximum absolute atomic E-state index is 13.1. The molecule has 2 aliphatic heterocycles. The molecule has 28 heavy (non-hydrogen) atoms. The molecule has 1 saturated carbocycles. The van der Waals surface area contributed by atoms with Gasteiger partial charge in [-0.1, -0.05) is 18.2 Å². The smallest absolute Gasteiger partial charge is 0.255 e. The van der Waals surface area contributed by atoms with Crippen LogP contribution < -0.4 is 16.0 Å². The Kier molecular flexibility index (Phi) is 5.46. The molecule has 1 unspecified atom stereocenters. The Labute approximate surface area is 165 Å². The summed E-state index contributed by atoms with van der Waals surface area (Å²) in [6.07, 6.45) is 5.28. The Balaban J connectivity index is 1.43. The van der Waals surface area contributed by atoms with Gasteiger partial charge in [0.05, 0.1) is 0 Å². The van der Waals surface area contributed by atoms with Gasteiger partial charge >= 0.3 is 0 Å². The van der Waals surface area contributed by atoms with E-state index in [9.17, 15) is 14.4 Å². The first-order valence-corrected chi connectivity index (χ1v) is 10.2. The minimum Gasteiger partial charge on any atom is -0.322 e. The summed E-state index contributed by atoms with van der Waals surface area (Å²) in [5.74, 6) is -0.720. The van der Waals surface area contributed by atoms with E-state index in [1.54, 1.807) is 4.90 Å². The third kappa shape index (κ3) is 3.69. The highest BCUT2D eigenvalue weighted by Crippen LogP contribution is 2.30. The maximum Gasteiger partial charge on any atom is 0.255 e. The minimum atomic E-state index is -0.560. The maximum atomic E-state index is 13.1. The predicted octanol–water partition coefficient (Wildman–Crippen LogP) is 1.07. The number of hydrogen-bond acceptors (Lipinski definition) is 5. The molecule has 3 N–H and O–H groups in total. The lowest BCUT2D eigenvalue weighted by Gasteiger charge is -2.29. The fraction of sp³-hybridized carbons (Fsp3) is 0.571. The molecule has 1 saturated heterocycles. The van der Waals surface area contributed by atoms with E-state index >= 15 is 0 Å². The van der Waals surface area contributed by atoms with Crippen molar-refractivity contribution >= 4 is 17.7 Å². The highest BCUT2D eigenvalue weighted by atomic mass is 16.2. The van der Waals surface area contributed by atoms with Crippen molar-refractivity contribution in [3.63, 3.8) is 0 Å². The molecule has 150 valence electrons. The van der Waals surface area contributed by atoms with Gasteiger partial charge in [0.2, 0.25) is 11.8 Å². The average Bonchev–Trinajstić information content (AvgIpc) is 3.04. The van der Waals surface area contributed by atoms with Crippen molar-refractivity contribution in [2.45, 2.75) is 69.7 Å². The van der Waals surface area contributed by atoms with Crippen LogP contribution in [-0.2, 0) is 22.7 Å². The molecule has 1 aromatic rings. The quantitative estimate of drug-likeness (QED) is 0.661. The Morgan fingerprint density at radius 1 is 1.07 bits per heavy atom. The van der Waals surface area contributed by atoms with Crippen LogP contribution in [-0.4, -0.2) is 47.8 Å². The molecular weight excluding hydrogens is 356 g/mol. The van der Waals surface area contributed by atoms with Crippen molar-refractivity contribution in [3.8, 4) is 0 Å². The fourth-order valence-electron chi connectivity index (χ4n) is 4.68. The van der Waals surface area contributed by atoms with Crippen LogP contribution >= 0.6 is 0 Å². The second kappa shape index (κ2) is 8.01. The molecule has 1 aliphatic carbocycles. The van der Waals surface area contributed by atoms with Crippen LogP contribution in [0.25, 0.3) is 0 Å². The third-order valence-corrected chi connectivity index (χ3v) is 6.36. The molecule has 0 aromatic heterocycles. The summed E-state index contributed by atoms with van der Waals surface area (Å²) in [5.41, 5.74) is 2.68. The monoisotopic (exact) mass is 384 g/mol. The van der Waals surface area contributed by atoms with Crippen molar-refractivity contribution in [1.29, 1.82) is 0 Å². The number of amides is 3. The van der Waals surface area contributed by atoms with Gasteiger partial charge in [-0.25, -0.2) is 0 Å². The van der Waals surface area contributed by atoms with E-state index in [4.69, 9.17) is 0 Å². The zero-order valence-corrected chi connectivity index (χ0v) is 16.3. The molecule has 2 fully saturated rings. The lowest BCUT2D eigenvalue weighted by Crippen LogP contribution is -2.52. The van der Waals surface area contributed by atoms with Gasteiger partial charge in [-0.05, 0) is 50.3 Å². The van der Waals surface area contributed by atoms with Crippen LogP contribution in [0.4, 0.5) is 0 Å². The Hall–Kier alpha value is -2.25. The van der Waals surface area contributed by atoms with Crippen molar-refractivity contribution < 1.29 is 14.4 Å². The largest absolute Gasteiger partial charge is 0.322 e. The van der Waals surface area contributed by atoms with E-state index in [1.807, 2.05) is 25.2 Å². The molecule has 3 aliphatic rings. The Morgan fingerprint density at radius 2 is 1.82 bits per heavy atom. The zero-order chi connectivity index (χ0) is 19.7. The number of fused-ring (bicyclic) bond motifs is 1. The van der Waals surface area contributed by atoms with E-state index in [2.05, 4.69) is 16.0 Å². The molecule has 1 atom stereocenters. The van der Waals surface area contributed by atoms with Gasteiger partial charge in [0.25, 0.3) is 5.91 Å². The first kappa shape index (κ1) is 19.1. The van der Waals surface area contributed by atoms with Crippen LogP contribution in [0.3, 0.4) is 0 Å². The molecule has 7 heteroatoms. The topological polar surface area (TPSA) is 90.5 Å². The normalized spacial score (nSPS) is 27.7. The van der Waals surface area contributed by atoms with Crippen molar-refractivity contribution in [1.82, 2.24) is 20.9 Å². The van der Waals surface area contributed by atoms with Crippen LogP contribution in [0, 0.1) is 0 Å². The molecule has 4 rings (SSSR count).